The van der Waals surface area contributed by atoms with Crippen molar-refractivity contribution >= 4 is 14.6 Å². The molecule has 2 aromatic rings. The maximum Gasteiger partial charge on any atom is 0.115 e. The fraction of sp³-hybridized carbons (Fsp3) is 0.227. The molecule has 2 aromatic carbocycles. The Kier molecular flexibility index (Phi) is 2.98. The summed E-state index contributed by atoms with van der Waals surface area (Å²) in [6, 6.07) is 22.0. The lowest BCUT2D eigenvalue weighted by molar-refractivity contribution is 0.554. The predicted molar refractivity (Wildman–Crippen MR) is 107 cm³/mol. The highest BCUT2D eigenvalue weighted by molar-refractivity contribution is 7.41. The molecule has 3 heteroatoms. The second kappa shape index (κ2) is 4.93. The average molecular weight is 344 g/mol. The Labute approximate surface area is 150 Å². The van der Waals surface area contributed by atoms with Gasteiger partial charge in [0.25, 0.3) is 0 Å². The summed E-state index contributed by atoms with van der Waals surface area (Å²) in [5.41, 5.74) is 2.61. The first kappa shape index (κ1) is 15.1. The van der Waals surface area contributed by atoms with Gasteiger partial charge in [-0.3, -0.25) is 0 Å². The standard InChI is InChI=1S/C22H21N2P/c1-24(2)19-20-15-9-10-16-21(20,25-23-19)22(20,17-11-5-3-6-12-17)18-13-7-4-8-14-18/h3-16,25H,1-2H3. The fourth-order valence-electron chi connectivity index (χ4n) is 5.29. The molecule has 0 spiro atoms. The highest BCUT2D eigenvalue weighted by Crippen LogP contribution is 2.87. The van der Waals surface area contributed by atoms with Crippen molar-refractivity contribution in [1.82, 2.24) is 4.90 Å². The molecule has 2 aliphatic carbocycles. The van der Waals surface area contributed by atoms with Crippen LogP contribution in [-0.2, 0) is 5.41 Å². The SMILES string of the molecule is CN(C)C1=NPC23C=CC=CC12C3(c1ccccc1)c1ccccc1. The zero-order valence-corrected chi connectivity index (χ0v) is 15.5. The van der Waals surface area contributed by atoms with E-state index in [1.165, 1.54) is 17.0 Å². The number of rotatable bonds is 2. The second-order valence-electron chi connectivity index (χ2n) is 7.26. The molecule has 0 bridgehead atoms. The third-order valence-electron chi connectivity index (χ3n) is 6.07. The van der Waals surface area contributed by atoms with Crippen LogP contribution in [0.1, 0.15) is 11.1 Å². The number of benzene rings is 2. The molecular formula is C22H21N2P. The molecular weight excluding hydrogens is 323 g/mol. The smallest absolute Gasteiger partial charge is 0.115 e. The van der Waals surface area contributed by atoms with Gasteiger partial charge in [-0.2, -0.15) is 0 Å². The van der Waals surface area contributed by atoms with Gasteiger partial charge >= 0.3 is 0 Å². The number of allylic oxidation sites excluding steroid dienone is 3. The monoisotopic (exact) mass is 344 g/mol. The summed E-state index contributed by atoms with van der Waals surface area (Å²) in [5, 5.41) is 0.0249. The van der Waals surface area contributed by atoms with Crippen molar-refractivity contribution < 1.29 is 0 Å². The number of amidine groups is 1. The molecule has 0 N–H and O–H groups in total. The van der Waals surface area contributed by atoms with E-state index in [1.807, 2.05) is 0 Å². The first-order chi connectivity index (χ1) is 12.2. The number of hydrogen-bond acceptors (Lipinski definition) is 2. The molecule has 0 aromatic heterocycles. The quantitative estimate of drug-likeness (QED) is 0.737. The van der Waals surface area contributed by atoms with Crippen molar-refractivity contribution in [3.63, 3.8) is 0 Å². The summed E-state index contributed by atoms with van der Waals surface area (Å²) in [6.45, 7) is 0. The second-order valence-corrected chi connectivity index (χ2v) is 8.49. The fourth-order valence-corrected chi connectivity index (χ4v) is 7.27. The van der Waals surface area contributed by atoms with Gasteiger partial charge < -0.3 is 4.90 Å². The van der Waals surface area contributed by atoms with Gasteiger partial charge in [-0.15, -0.1) is 0 Å². The summed E-state index contributed by atoms with van der Waals surface area (Å²) in [5.74, 6) is 1.21. The topological polar surface area (TPSA) is 15.6 Å². The van der Waals surface area contributed by atoms with Crippen LogP contribution in [0.2, 0.25) is 0 Å². The number of hydrogen-bond donors (Lipinski definition) is 0. The highest BCUT2D eigenvalue weighted by atomic mass is 31.1. The van der Waals surface area contributed by atoms with E-state index in [4.69, 9.17) is 4.76 Å². The van der Waals surface area contributed by atoms with E-state index in [0.717, 1.165) is 0 Å². The minimum Gasteiger partial charge on any atom is -0.365 e. The first-order valence-corrected chi connectivity index (χ1v) is 9.66. The van der Waals surface area contributed by atoms with Gasteiger partial charge in [0, 0.05) is 22.8 Å². The third kappa shape index (κ3) is 1.49. The molecule has 2 nitrogen and oxygen atoms in total. The molecule has 124 valence electrons. The van der Waals surface area contributed by atoms with Crippen LogP contribution >= 0.6 is 8.73 Å². The van der Waals surface area contributed by atoms with E-state index < -0.39 is 0 Å². The Hall–Kier alpha value is -2.18. The Morgan fingerprint density at radius 1 is 0.800 bits per heavy atom. The van der Waals surface area contributed by atoms with E-state index >= 15 is 0 Å². The Balaban J connectivity index is 1.86. The molecule has 1 aliphatic heterocycles. The predicted octanol–water partition coefficient (Wildman–Crippen LogP) is 4.40. The first-order valence-electron chi connectivity index (χ1n) is 8.71. The van der Waals surface area contributed by atoms with E-state index in [9.17, 15) is 0 Å². The van der Waals surface area contributed by atoms with Gasteiger partial charge in [0.15, 0.2) is 0 Å². The number of nitrogens with zero attached hydrogens (tertiary/aromatic N) is 2. The molecule has 0 saturated heterocycles. The van der Waals surface area contributed by atoms with Crippen LogP contribution in [-0.4, -0.2) is 30.0 Å². The molecule has 1 saturated carbocycles. The lowest BCUT2D eigenvalue weighted by atomic mass is 9.79. The summed E-state index contributed by atoms with van der Waals surface area (Å²) in [4.78, 5) is 2.21. The zero-order chi connectivity index (χ0) is 17.1. The molecule has 0 amide bonds. The Bertz CT molecular complexity index is 874. The molecule has 3 aliphatic rings. The average Bonchev–Trinajstić information content (AvgIpc) is 3.01. The summed E-state index contributed by atoms with van der Waals surface area (Å²) >= 11 is 0. The van der Waals surface area contributed by atoms with Gasteiger partial charge in [-0.1, -0.05) is 85.0 Å². The van der Waals surface area contributed by atoms with Gasteiger partial charge in [-0.05, 0) is 11.1 Å². The summed E-state index contributed by atoms with van der Waals surface area (Å²) in [6.07, 6.45) is 9.25. The highest BCUT2D eigenvalue weighted by Gasteiger charge is 2.90. The minimum atomic E-state index is -0.0839. The van der Waals surface area contributed by atoms with Gasteiger partial charge in [0.1, 0.15) is 5.84 Å². The molecule has 5 rings (SSSR count). The van der Waals surface area contributed by atoms with Gasteiger partial charge in [0.05, 0.1) is 16.0 Å². The van der Waals surface area contributed by atoms with Crippen molar-refractivity contribution in [3.05, 3.63) is 96.1 Å². The van der Waals surface area contributed by atoms with Crippen molar-refractivity contribution in [3.8, 4) is 0 Å². The zero-order valence-electron chi connectivity index (χ0n) is 14.5. The maximum absolute atomic E-state index is 5.01. The van der Waals surface area contributed by atoms with Crippen molar-refractivity contribution in [2.75, 3.05) is 14.1 Å². The van der Waals surface area contributed by atoms with Crippen LogP contribution in [0, 0.1) is 5.41 Å². The van der Waals surface area contributed by atoms with Gasteiger partial charge in [0.2, 0.25) is 0 Å². The van der Waals surface area contributed by atoms with Crippen LogP contribution in [0.25, 0.3) is 0 Å². The summed E-state index contributed by atoms with van der Waals surface area (Å²) in [7, 11) is 4.79. The Morgan fingerprint density at radius 3 is 1.92 bits per heavy atom. The van der Waals surface area contributed by atoms with Crippen LogP contribution in [0.15, 0.2) is 89.7 Å². The minimum absolute atomic E-state index is 0.0249. The molecule has 0 radical (unpaired) electrons. The Morgan fingerprint density at radius 2 is 1.36 bits per heavy atom. The lowest BCUT2D eigenvalue weighted by Gasteiger charge is -2.29. The molecule has 1 heterocycles. The molecule has 3 atom stereocenters. The van der Waals surface area contributed by atoms with Crippen molar-refractivity contribution in [2.45, 2.75) is 10.6 Å². The van der Waals surface area contributed by atoms with E-state index in [2.05, 4.69) is 104 Å². The van der Waals surface area contributed by atoms with Crippen LogP contribution in [0.4, 0.5) is 0 Å². The maximum atomic E-state index is 5.01. The van der Waals surface area contributed by atoms with Crippen LogP contribution in [0.3, 0.4) is 0 Å². The third-order valence-corrected chi connectivity index (χ3v) is 7.69. The van der Waals surface area contributed by atoms with E-state index in [0.29, 0.717) is 8.73 Å². The van der Waals surface area contributed by atoms with Crippen molar-refractivity contribution in [1.29, 1.82) is 0 Å². The van der Waals surface area contributed by atoms with Crippen LogP contribution < -0.4 is 0 Å². The molecule has 25 heavy (non-hydrogen) atoms. The van der Waals surface area contributed by atoms with Crippen molar-refractivity contribution in [2.24, 2.45) is 10.2 Å². The van der Waals surface area contributed by atoms with Crippen LogP contribution in [0.5, 0.6) is 0 Å². The van der Waals surface area contributed by atoms with Gasteiger partial charge in [-0.25, -0.2) is 4.76 Å². The van der Waals surface area contributed by atoms with E-state index in [1.54, 1.807) is 0 Å². The van der Waals surface area contributed by atoms with E-state index in [-0.39, 0.29) is 16.0 Å². The molecule has 3 unspecified atom stereocenters. The largest absolute Gasteiger partial charge is 0.365 e. The normalized spacial score (nSPS) is 31.4. The summed E-state index contributed by atoms with van der Waals surface area (Å²) < 4.78 is 5.01. The lowest BCUT2D eigenvalue weighted by Crippen LogP contribution is -2.35. The molecule has 1 fully saturated rings.